The second-order valence-electron chi connectivity index (χ2n) is 8.23. The molecule has 1 amide bonds. The van der Waals surface area contributed by atoms with Crippen molar-refractivity contribution < 1.29 is 27.2 Å². The molecule has 0 bridgehead atoms. The van der Waals surface area contributed by atoms with Gasteiger partial charge >= 0.3 is 6.18 Å². The number of nitrogens with zero attached hydrogens (tertiary/aromatic N) is 2. The highest BCUT2D eigenvalue weighted by molar-refractivity contribution is 5.77. The molecule has 0 fully saturated rings. The molecule has 4 rings (SSSR count). The van der Waals surface area contributed by atoms with Crippen molar-refractivity contribution in [3.05, 3.63) is 101 Å². The molecule has 0 aliphatic rings. The number of aromatic nitrogens is 2. The average molecular weight is 496 g/mol. The van der Waals surface area contributed by atoms with E-state index in [9.17, 15) is 18.0 Å². The maximum atomic E-state index is 12.9. The number of rotatable bonds is 9. The van der Waals surface area contributed by atoms with Gasteiger partial charge in [-0.3, -0.25) is 4.79 Å². The Morgan fingerprint density at radius 3 is 2.36 bits per heavy atom. The standard InChI is InChI=1S/C27H24F3N3O3/c1-18-7-9-20(10-8-18)26-32-25(36-33-26)17-24(34)31-16-15-23(19-5-3-2-4-6-19)35-22-13-11-21(12-14-22)27(28,29)30/h2-14,23H,15-17H2,1H3,(H,31,34)/t23-/m1/s1. The predicted octanol–water partition coefficient (Wildman–Crippen LogP) is 5.93. The zero-order valence-corrected chi connectivity index (χ0v) is 19.5. The lowest BCUT2D eigenvalue weighted by Crippen LogP contribution is -2.28. The summed E-state index contributed by atoms with van der Waals surface area (Å²) < 4.78 is 49.7. The zero-order chi connectivity index (χ0) is 25.5. The molecule has 1 N–H and O–H groups in total. The third kappa shape index (κ3) is 6.71. The number of hydrogen-bond donors (Lipinski definition) is 1. The van der Waals surface area contributed by atoms with Crippen LogP contribution in [0.3, 0.4) is 0 Å². The molecule has 0 aliphatic carbocycles. The van der Waals surface area contributed by atoms with Gasteiger partial charge < -0.3 is 14.6 Å². The summed E-state index contributed by atoms with van der Waals surface area (Å²) >= 11 is 0. The number of benzene rings is 3. The van der Waals surface area contributed by atoms with Gasteiger partial charge in [0, 0.05) is 18.5 Å². The molecule has 4 aromatic rings. The van der Waals surface area contributed by atoms with E-state index < -0.39 is 17.8 Å². The van der Waals surface area contributed by atoms with E-state index in [-0.39, 0.29) is 24.8 Å². The van der Waals surface area contributed by atoms with Gasteiger partial charge in [-0.05, 0) is 36.8 Å². The van der Waals surface area contributed by atoms with E-state index in [2.05, 4.69) is 15.5 Å². The van der Waals surface area contributed by atoms with Crippen LogP contribution in [0.5, 0.6) is 5.75 Å². The second kappa shape index (κ2) is 11.1. The van der Waals surface area contributed by atoms with Crippen LogP contribution in [0.25, 0.3) is 11.4 Å². The van der Waals surface area contributed by atoms with E-state index in [0.717, 1.165) is 28.8 Å². The van der Waals surface area contributed by atoms with Crippen molar-refractivity contribution in [2.24, 2.45) is 0 Å². The molecule has 1 atom stereocenters. The lowest BCUT2D eigenvalue weighted by atomic mass is 10.1. The van der Waals surface area contributed by atoms with Gasteiger partial charge in [-0.2, -0.15) is 18.2 Å². The Kier molecular flexibility index (Phi) is 7.68. The number of aryl methyl sites for hydroxylation is 1. The first-order valence-corrected chi connectivity index (χ1v) is 11.3. The topological polar surface area (TPSA) is 77.2 Å². The zero-order valence-electron chi connectivity index (χ0n) is 19.5. The molecule has 1 aromatic heterocycles. The average Bonchev–Trinajstić information content (AvgIpc) is 3.32. The fourth-order valence-corrected chi connectivity index (χ4v) is 3.54. The van der Waals surface area contributed by atoms with E-state index in [1.165, 1.54) is 12.1 Å². The van der Waals surface area contributed by atoms with E-state index >= 15 is 0 Å². The summed E-state index contributed by atoms with van der Waals surface area (Å²) in [5.74, 6) is 0.615. The number of ether oxygens (including phenoxy) is 1. The summed E-state index contributed by atoms with van der Waals surface area (Å²) in [5.41, 5.74) is 2.00. The van der Waals surface area contributed by atoms with Gasteiger partial charge in [-0.15, -0.1) is 0 Å². The van der Waals surface area contributed by atoms with E-state index in [4.69, 9.17) is 9.26 Å². The van der Waals surface area contributed by atoms with Gasteiger partial charge in [0.1, 0.15) is 18.3 Å². The predicted molar refractivity (Wildman–Crippen MR) is 127 cm³/mol. The second-order valence-corrected chi connectivity index (χ2v) is 8.23. The monoisotopic (exact) mass is 495 g/mol. The van der Waals surface area contributed by atoms with Crippen molar-refractivity contribution in [3.63, 3.8) is 0 Å². The number of alkyl halides is 3. The van der Waals surface area contributed by atoms with Crippen molar-refractivity contribution in [2.45, 2.75) is 32.0 Å². The highest BCUT2D eigenvalue weighted by Gasteiger charge is 2.30. The maximum Gasteiger partial charge on any atom is 0.416 e. The fraction of sp³-hybridized carbons (Fsp3) is 0.222. The number of halogens is 3. The first-order chi connectivity index (χ1) is 17.3. The van der Waals surface area contributed by atoms with Crippen LogP contribution in [-0.2, 0) is 17.4 Å². The van der Waals surface area contributed by atoms with Crippen LogP contribution < -0.4 is 10.1 Å². The normalized spacial score (nSPS) is 12.2. The van der Waals surface area contributed by atoms with Crippen LogP contribution in [0.2, 0.25) is 0 Å². The highest BCUT2D eigenvalue weighted by atomic mass is 19.4. The molecule has 3 aromatic carbocycles. The molecule has 186 valence electrons. The number of carbonyl (C=O) groups excluding carboxylic acids is 1. The summed E-state index contributed by atoms with van der Waals surface area (Å²) in [5, 5.41) is 6.74. The lowest BCUT2D eigenvalue weighted by molar-refractivity contribution is -0.137. The Morgan fingerprint density at radius 1 is 1.00 bits per heavy atom. The minimum Gasteiger partial charge on any atom is -0.486 e. The van der Waals surface area contributed by atoms with Crippen LogP contribution in [0.1, 0.15) is 35.1 Å². The Balaban J connectivity index is 1.34. The molecule has 9 heteroatoms. The van der Waals surface area contributed by atoms with Crippen LogP contribution in [-0.4, -0.2) is 22.6 Å². The van der Waals surface area contributed by atoms with Gasteiger partial charge in [0.15, 0.2) is 0 Å². The highest BCUT2D eigenvalue weighted by Crippen LogP contribution is 2.32. The Hall–Kier alpha value is -4.14. The van der Waals surface area contributed by atoms with Gasteiger partial charge in [0.25, 0.3) is 0 Å². The third-order valence-electron chi connectivity index (χ3n) is 5.45. The van der Waals surface area contributed by atoms with Crippen molar-refractivity contribution >= 4 is 5.91 Å². The fourth-order valence-electron chi connectivity index (χ4n) is 3.54. The number of carbonyl (C=O) groups is 1. The minimum atomic E-state index is -4.42. The van der Waals surface area contributed by atoms with Crippen LogP contribution >= 0.6 is 0 Å². The van der Waals surface area contributed by atoms with Gasteiger partial charge in [0.2, 0.25) is 17.6 Å². The van der Waals surface area contributed by atoms with Crippen molar-refractivity contribution in [2.75, 3.05) is 6.54 Å². The molecule has 0 radical (unpaired) electrons. The summed E-state index contributed by atoms with van der Waals surface area (Å²) in [4.78, 5) is 16.7. The summed E-state index contributed by atoms with van der Waals surface area (Å²) in [7, 11) is 0. The van der Waals surface area contributed by atoms with Crippen molar-refractivity contribution in [3.8, 4) is 17.1 Å². The lowest BCUT2D eigenvalue weighted by Gasteiger charge is -2.20. The Labute approximate surface area is 206 Å². The Bertz CT molecular complexity index is 1270. The Morgan fingerprint density at radius 2 is 1.69 bits per heavy atom. The molecule has 0 saturated carbocycles. The summed E-state index contributed by atoms with van der Waals surface area (Å²) in [6.45, 7) is 2.25. The summed E-state index contributed by atoms with van der Waals surface area (Å²) in [6, 6.07) is 21.5. The molecule has 0 spiro atoms. The van der Waals surface area contributed by atoms with Gasteiger partial charge in [-0.25, -0.2) is 0 Å². The maximum absolute atomic E-state index is 12.9. The van der Waals surface area contributed by atoms with Gasteiger partial charge in [-0.1, -0.05) is 65.3 Å². The molecule has 36 heavy (non-hydrogen) atoms. The SMILES string of the molecule is Cc1ccc(-c2noc(CC(=O)NCC[C@@H](Oc3ccc(C(F)(F)F)cc3)c3ccccc3)n2)cc1. The smallest absolute Gasteiger partial charge is 0.416 e. The van der Waals surface area contributed by atoms with Crippen molar-refractivity contribution in [1.29, 1.82) is 0 Å². The van der Waals surface area contributed by atoms with Crippen LogP contribution in [0.15, 0.2) is 83.4 Å². The minimum absolute atomic E-state index is 0.0748. The molecule has 0 unspecified atom stereocenters. The molecule has 1 heterocycles. The van der Waals surface area contributed by atoms with E-state index in [0.29, 0.717) is 18.0 Å². The van der Waals surface area contributed by atoms with E-state index in [1.807, 2.05) is 61.5 Å². The molecular weight excluding hydrogens is 471 g/mol. The largest absolute Gasteiger partial charge is 0.486 e. The summed E-state index contributed by atoms with van der Waals surface area (Å²) in [6.07, 6.45) is -4.56. The number of hydrogen-bond acceptors (Lipinski definition) is 5. The molecule has 0 aliphatic heterocycles. The van der Waals surface area contributed by atoms with Crippen LogP contribution in [0, 0.1) is 6.92 Å². The number of nitrogens with one attached hydrogen (secondary N) is 1. The molecule has 0 saturated heterocycles. The van der Waals surface area contributed by atoms with Crippen LogP contribution in [0.4, 0.5) is 13.2 Å². The third-order valence-corrected chi connectivity index (χ3v) is 5.45. The van der Waals surface area contributed by atoms with Gasteiger partial charge in [0.05, 0.1) is 5.56 Å². The number of amides is 1. The first kappa shape index (κ1) is 25.0. The first-order valence-electron chi connectivity index (χ1n) is 11.3. The molecular formula is C27H24F3N3O3. The van der Waals surface area contributed by atoms with Crippen molar-refractivity contribution in [1.82, 2.24) is 15.5 Å². The molecule has 6 nitrogen and oxygen atoms in total. The van der Waals surface area contributed by atoms with E-state index in [1.54, 1.807) is 0 Å². The quantitative estimate of drug-likeness (QED) is 0.311.